The van der Waals surface area contributed by atoms with E-state index in [1.54, 1.807) is 0 Å². The summed E-state index contributed by atoms with van der Waals surface area (Å²) in [5, 5.41) is 12.1. The molecule has 0 unspecified atom stereocenters. The Morgan fingerprint density at radius 3 is 2.70 bits per heavy atom. The number of fused-ring (bicyclic) bond motifs is 2. The molecule has 1 saturated heterocycles. The SMILES string of the molecule is Cc1nc2c(C)cc(-c3cc(F)c4nc(C5CCNCC5)[nH]c4c3)nn2n1. The lowest BCUT2D eigenvalue weighted by Crippen LogP contribution is -2.27. The van der Waals surface area contributed by atoms with E-state index in [1.165, 1.54) is 10.7 Å². The lowest BCUT2D eigenvalue weighted by molar-refractivity contribution is 0.448. The normalized spacial score (nSPS) is 15.8. The van der Waals surface area contributed by atoms with Crippen molar-refractivity contribution in [3.05, 3.63) is 41.2 Å². The molecule has 0 aliphatic carbocycles. The van der Waals surface area contributed by atoms with Crippen LogP contribution in [0.4, 0.5) is 4.39 Å². The highest BCUT2D eigenvalue weighted by Crippen LogP contribution is 2.29. The smallest absolute Gasteiger partial charge is 0.179 e. The van der Waals surface area contributed by atoms with Crippen molar-refractivity contribution >= 4 is 16.7 Å². The number of hydrogen-bond donors (Lipinski definition) is 2. The van der Waals surface area contributed by atoms with Gasteiger partial charge in [-0.1, -0.05) is 0 Å². The van der Waals surface area contributed by atoms with Crippen LogP contribution in [0.1, 0.15) is 36.0 Å². The third-order valence-electron chi connectivity index (χ3n) is 5.18. The molecule has 0 radical (unpaired) electrons. The number of aromatic amines is 1. The van der Waals surface area contributed by atoms with Crippen LogP contribution in [-0.2, 0) is 0 Å². The van der Waals surface area contributed by atoms with Crippen molar-refractivity contribution in [2.45, 2.75) is 32.6 Å². The second-order valence-corrected chi connectivity index (χ2v) is 7.19. The maximum Gasteiger partial charge on any atom is 0.179 e. The van der Waals surface area contributed by atoms with E-state index in [4.69, 9.17) is 0 Å². The fourth-order valence-corrected chi connectivity index (χ4v) is 3.79. The fraction of sp³-hybridized carbons (Fsp3) is 0.368. The summed E-state index contributed by atoms with van der Waals surface area (Å²) in [4.78, 5) is 12.2. The van der Waals surface area contributed by atoms with Gasteiger partial charge in [0.05, 0.1) is 11.2 Å². The predicted octanol–water partition coefficient (Wildman–Crippen LogP) is 2.89. The lowest BCUT2D eigenvalue weighted by atomic mass is 9.98. The maximum atomic E-state index is 14.8. The molecule has 3 aromatic heterocycles. The quantitative estimate of drug-likeness (QED) is 0.571. The van der Waals surface area contributed by atoms with Crippen molar-refractivity contribution in [2.24, 2.45) is 0 Å². The molecule has 27 heavy (non-hydrogen) atoms. The van der Waals surface area contributed by atoms with Crippen molar-refractivity contribution in [1.29, 1.82) is 0 Å². The molecule has 7 nitrogen and oxygen atoms in total. The molecule has 1 fully saturated rings. The van der Waals surface area contributed by atoms with Crippen LogP contribution in [0.3, 0.4) is 0 Å². The summed E-state index contributed by atoms with van der Waals surface area (Å²) in [6, 6.07) is 5.31. The molecule has 8 heteroatoms. The van der Waals surface area contributed by atoms with Gasteiger partial charge in [-0.3, -0.25) is 0 Å². The topological polar surface area (TPSA) is 83.8 Å². The zero-order valence-corrected chi connectivity index (χ0v) is 15.3. The van der Waals surface area contributed by atoms with Gasteiger partial charge >= 0.3 is 0 Å². The number of aryl methyl sites for hydroxylation is 2. The first-order valence-electron chi connectivity index (χ1n) is 9.20. The van der Waals surface area contributed by atoms with Crippen LogP contribution in [0.25, 0.3) is 27.9 Å². The molecular weight excluding hydrogens is 345 g/mol. The monoisotopic (exact) mass is 365 g/mol. The average Bonchev–Trinajstić information content (AvgIpc) is 3.26. The Kier molecular flexibility index (Phi) is 3.68. The minimum absolute atomic E-state index is 0.340. The van der Waals surface area contributed by atoms with E-state index in [9.17, 15) is 4.39 Å². The van der Waals surface area contributed by atoms with Crippen LogP contribution in [0, 0.1) is 19.7 Å². The molecule has 5 rings (SSSR count). The van der Waals surface area contributed by atoms with Crippen molar-refractivity contribution < 1.29 is 4.39 Å². The second-order valence-electron chi connectivity index (χ2n) is 7.19. The number of piperidine rings is 1. The van der Waals surface area contributed by atoms with Crippen molar-refractivity contribution in [1.82, 2.24) is 35.1 Å². The number of H-pyrrole nitrogens is 1. The molecule has 0 atom stereocenters. The highest BCUT2D eigenvalue weighted by atomic mass is 19.1. The molecule has 1 aromatic carbocycles. The highest BCUT2D eigenvalue weighted by molar-refractivity contribution is 5.82. The Hall–Kier alpha value is -2.87. The van der Waals surface area contributed by atoms with Crippen LogP contribution < -0.4 is 5.32 Å². The van der Waals surface area contributed by atoms with E-state index < -0.39 is 0 Å². The van der Waals surface area contributed by atoms with E-state index in [-0.39, 0.29) is 5.82 Å². The number of imidazole rings is 1. The Labute approximate surface area is 155 Å². The van der Waals surface area contributed by atoms with Gasteiger partial charge in [0, 0.05) is 11.5 Å². The number of hydrogen-bond acceptors (Lipinski definition) is 5. The number of benzene rings is 1. The lowest BCUT2D eigenvalue weighted by Gasteiger charge is -2.20. The van der Waals surface area contributed by atoms with Gasteiger partial charge in [0.15, 0.2) is 11.5 Å². The van der Waals surface area contributed by atoms with Gasteiger partial charge < -0.3 is 10.3 Å². The number of aromatic nitrogens is 6. The average molecular weight is 365 g/mol. The molecule has 0 spiro atoms. The van der Waals surface area contributed by atoms with Crippen molar-refractivity contribution in [2.75, 3.05) is 13.1 Å². The molecule has 1 aliphatic rings. The van der Waals surface area contributed by atoms with Gasteiger partial charge in [0.2, 0.25) is 0 Å². The van der Waals surface area contributed by atoms with Crippen LogP contribution >= 0.6 is 0 Å². The van der Waals surface area contributed by atoms with E-state index in [0.717, 1.165) is 37.3 Å². The minimum atomic E-state index is -0.340. The summed E-state index contributed by atoms with van der Waals surface area (Å²) in [7, 11) is 0. The molecule has 2 N–H and O–H groups in total. The summed E-state index contributed by atoms with van der Waals surface area (Å²) in [5.74, 6) is 1.53. The van der Waals surface area contributed by atoms with Gasteiger partial charge in [-0.15, -0.1) is 14.8 Å². The van der Waals surface area contributed by atoms with Gasteiger partial charge in [0.1, 0.15) is 17.2 Å². The molecule has 4 aromatic rings. The molecule has 0 bridgehead atoms. The third-order valence-corrected chi connectivity index (χ3v) is 5.18. The summed E-state index contributed by atoms with van der Waals surface area (Å²) in [6.07, 6.45) is 2.02. The molecule has 1 aliphatic heterocycles. The molecule has 0 amide bonds. The first kappa shape index (κ1) is 16.3. The van der Waals surface area contributed by atoms with E-state index >= 15 is 0 Å². The third kappa shape index (κ3) is 2.76. The Balaban J connectivity index is 1.61. The van der Waals surface area contributed by atoms with Crippen molar-refractivity contribution in [3.63, 3.8) is 0 Å². The van der Waals surface area contributed by atoms with E-state index in [2.05, 4.69) is 30.5 Å². The highest BCUT2D eigenvalue weighted by Gasteiger charge is 2.20. The van der Waals surface area contributed by atoms with Gasteiger partial charge in [-0.2, -0.15) is 0 Å². The van der Waals surface area contributed by atoms with Crippen molar-refractivity contribution in [3.8, 4) is 11.3 Å². The fourth-order valence-electron chi connectivity index (χ4n) is 3.79. The minimum Gasteiger partial charge on any atom is -0.342 e. The standard InChI is InChI=1S/C19H20FN7/c1-10-7-15(26-27-19(10)22-11(2)25-27)13-8-14(20)17-16(9-13)23-18(24-17)12-3-5-21-6-4-12/h7-9,12,21H,3-6H2,1-2H3,(H,23,24). The Morgan fingerprint density at radius 1 is 1.07 bits per heavy atom. The zero-order chi connectivity index (χ0) is 18.5. The molecular formula is C19H20FN7. The summed E-state index contributed by atoms with van der Waals surface area (Å²) < 4.78 is 16.3. The molecule has 4 heterocycles. The zero-order valence-electron chi connectivity index (χ0n) is 15.3. The predicted molar refractivity (Wildman–Crippen MR) is 100 cm³/mol. The Bertz CT molecular complexity index is 1150. The van der Waals surface area contributed by atoms with Gasteiger partial charge in [0.25, 0.3) is 0 Å². The summed E-state index contributed by atoms with van der Waals surface area (Å²) in [6.45, 7) is 5.72. The van der Waals surface area contributed by atoms with Crippen LogP contribution in [-0.4, -0.2) is 42.9 Å². The number of rotatable bonds is 2. The van der Waals surface area contributed by atoms with Gasteiger partial charge in [-0.05, 0) is 63.5 Å². The number of nitrogens with one attached hydrogen (secondary N) is 2. The van der Waals surface area contributed by atoms with E-state index in [0.29, 0.717) is 39.7 Å². The summed E-state index contributed by atoms with van der Waals surface area (Å²) >= 11 is 0. The molecule has 138 valence electrons. The van der Waals surface area contributed by atoms with E-state index in [1.807, 2.05) is 26.0 Å². The second kappa shape index (κ2) is 6.09. The number of nitrogens with zero attached hydrogens (tertiary/aromatic N) is 5. The maximum absolute atomic E-state index is 14.8. The number of halogens is 1. The largest absolute Gasteiger partial charge is 0.342 e. The molecule has 0 saturated carbocycles. The Morgan fingerprint density at radius 2 is 1.89 bits per heavy atom. The first-order valence-corrected chi connectivity index (χ1v) is 9.20. The first-order chi connectivity index (χ1) is 13.1. The van der Waals surface area contributed by atoms with Crippen LogP contribution in [0.2, 0.25) is 0 Å². The van der Waals surface area contributed by atoms with Gasteiger partial charge in [-0.25, -0.2) is 14.4 Å². The van der Waals surface area contributed by atoms with Crippen LogP contribution in [0.5, 0.6) is 0 Å². The summed E-state index contributed by atoms with van der Waals surface area (Å²) in [5.41, 5.74) is 4.10. The van der Waals surface area contributed by atoms with Crippen LogP contribution in [0.15, 0.2) is 18.2 Å².